The lowest BCUT2D eigenvalue weighted by Gasteiger charge is -2.30. The molecule has 1 heterocycles. The molecular formula is C26H19N3O5. The molecule has 2 aromatic carbocycles. The van der Waals surface area contributed by atoms with Crippen molar-refractivity contribution in [3.8, 4) is 11.6 Å². The molecule has 0 aliphatic heterocycles. The SMILES string of the molecule is Cc1cccc(-n2c(O)c(C=NC3=CC=C[C@@H]4C(=O)c5ccccc5C(=O)[C@@H]34)c(=O)[nH]c2=O)c1. The predicted molar refractivity (Wildman–Crippen MR) is 126 cm³/mol. The number of allylic oxidation sites excluding steroid dienone is 4. The number of aromatic hydroxyl groups is 1. The molecule has 34 heavy (non-hydrogen) atoms. The van der Waals surface area contributed by atoms with Crippen LogP contribution < -0.4 is 11.2 Å². The Kier molecular flexibility index (Phi) is 5.05. The minimum absolute atomic E-state index is 0.175. The summed E-state index contributed by atoms with van der Waals surface area (Å²) < 4.78 is 0.971. The standard InChI is InChI=1S/C26H19N3O5/c1-14-6-4-7-15(12-14)29-25(33)19(24(32)28-26(29)34)13-27-20-11-5-10-18-21(20)23(31)17-9-3-2-8-16(17)22(18)30/h2-13,18,21,33H,1H3,(H,28,32,34)/t18-,21+/m0/s1. The van der Waals surface area contributed by atoms with E-state index in [2.05, 4.69) is 9.98 Å². The monoisotopic (exact) mass is 453 g/mol. The molecule has 0 fully saturated rings. The van der Waals surface area contributed by atoms with Gasteiger partial charge in [-0.1, -0.05) is 48.6 Å². The molecule has 8 nitrogen and oxygen atoms in total. The van der Waals surface area contributed by atoms with Crippen molar-refractivity contribution in [2.24, 2.45) is 16.8 Å². The first-order chi connectivity index (χ1) is 16.4. The average Bonchev–Trinajstić information content (AvgIpc) is 2.82. The summed E-state index contributed by atoms with van der Waals surface area (Å²) >= 11 is 0. The van der Waals surface area contributed by atoms with Crippen LogP contribution >= 0.6 is 0 Å². The molecule has 0 saturated heterocycles. The van der Waals surface area contributed by atoms with Gasteiger partial charge in [0.1, 0.15) is 5.56 Å². The van der Waals surface area contributed by atoms with E-state index in [9.17, 15) is 24.3 Å². The zero-order valence-corrected chi connectivity index (χ0v) is 18.1. The van der Waals surface area contributed by atoms with Crippen LogP contribution in [-0.2, 0) is 0 Å². The van der Waals surface area contributed by atoms with Crippen LogP contribution in [0.25, 0.3) is 5.69 Å². The maximum absolute atomic E-state index is 13.2. The molecule has 0 saturated carbocycles. The second kappa shape index (κ2) is 8.08. The molecule has 2 aliphatic carbocycles. The van der Waals surface area contributed by atoms with E-state index >= 15 is 0 Å². The number of benzene rings is 2. The van der Waals surface area contributed by atoms with Gasteiger partial charge in [-0.05, 0) is 30.7 Å². The Hall–Kier alpha value is -4.59. The van der Waals surface area contributed by atoms with Gasteiger partial charge in [0.25, 0.3) is 5.56 Å². The number of aryl methyl sites for hydroxylation is 1. The fraction of sp³-hybridized carbons (Fsp3) is 0.115. The van der Waals surface area contributed by atoms with Gasteiger partial charge in [-0.2, -0.15) is 0 Å². The maximum atomic E-state index is 13.2. The highest BCUT2D eigenvalue weighted by Crippen LogP contribution is 2.38. The maximum Gasteiger partial charge on any atom is 0.335 e. The molecule has 0 spiro atoms. The lowest BCUT2D eigenvalue weighted by atomic mass is 9.71. The summed E-state index contributed by atoms with van der Waals surface area (Å²) in [5.74, 6) is -2.54. The van der Waals surface area contributed by atoms with Crippen LogP contribution in [0, 0.1) is 18.8 Å². The van der Waals surface area contributed by atoms with Crippen molar-refractivity contribution in [3.63, 3.8) is 0 Å². The minimum atomic E-state index is -0.840. The van der Waals surface area contributed by atoms with Crippen molar-refractivity contribution in [3.05, 3.63) is 116 Å². The number of nitrogens with one attached hydrogen (secondary N) is 1. The van der Waals surface area contributed by atoms with Crippen LogP contribution in [0.3, 0.4) is 0 Å². The van der Waals surface area contributed by atoms with Crippen LogP contribution in [0.2, 0.25) is 0 Å². The number of Topliss-reactive ketones (excluding diaryl/α,β-unsaturated/α-hetero) is 2. The van der Waals surface area contributed by atoms with Crippen molar-refractivity contribution >= 4 is 17.8 Å². The van der Waals surface area contributed by atoms with Crippen molar-refractivity contribution in [1.82, 2.24) is 9.55 Å². The summed E-state index contributed by atoms with van der Waals surface area (Å²) in [5, 5.41) is 10.8. The van der Waals surface area contributed by atoms with E-state index in [0.29, 0.717) is 16.8 Å². The molecule has 0 amide bonds. The first kappa shape index (κ1) is 21.3. The van der Waals surface area contributed by atoms with Crippen molar-refractivity contribution in [2.75, 3.05) is 0 Å². The smallest absolute Gasteiger partial charge is 0.335 e. The van der Waals surface area contributed by atoms with Crippen molar-refractivity contribution < 1.29 is 14.7 Å². The van der Waals surface area contributed by atoms with Crippen LogP contribution in [0.4, 0.5) is 0 Å². The van der Waals surface area contributed by atoms with Gasteiger partial charge in [-0.3, -0.25) is 24.4 Å². The topological polar surface area (TPSA) is 122 Å². The number of ketones is 2. The summed E-state index contributed by atoms with van der Waals surface area (Å²) in [6.45, 7) is 1.83. The zero-order chi connectivity index (χ0) is 24.0. The Balaban J connectivity index is 1.57. The fourth-order valence-electron chi connectivity index (χ4n) is 4.39. The Labute approximate surface area is 193 Å². The van der Waals surface area contributed by atoms with Gasteiger partial charge in [0.2, 0.25) is 5.88 Å². The van der Waals surface area contributed by atoms with Gasteiger partial charge in [0, 0.05) is 17.3 Å². The summed E-state index contributed by atoms with van der Waals surface area (Å²) in [7, 11) is 0. The molecule has 8 heteroatoms. The van der Waals surface area contributed by atoms with Gasteiger partial charge in [0.05, 0.1) is 23.2 Å². The lowest BCUT2D eigenvalue weighted by Crippen LogP contribution is -2.37. The second-order valence-corrected chi connectivity index (χ2v) is 8.18. The third-order valence-electron chi connectivity index (χ3n) is 6.03. The van der Waals surface area contributed by atoms with Gasteiger partial charge < -0.3 is 5.11 Å². The largest absolute Gasteiger partial charge is 0.493 e. The molecule has 2 atom stereocenters. The van der Waals surface area contributed by atoms with Crippen LogP contribution in [0.5, 0.6) is 5.88 Å². The fourth-order valence-corrected chi connectivity index (χ4v) is 4.39. The number of hydrogen-bond donors (Lipinski definition) is 2. The lowest BCUT2D eigenvalue weighted by molar-refractivity contribution is 0.0793. The van der Waals surface area contributed by atoms with E-state index in [-0.39, 0.29) is 22.8 Å². The van der Waals surface area contributed by atoms with Gasteiger partial charge >= 0.3 is 5.69 Å². The van der Waals surface area contributed by atoms with E-state index in [1.807, 2.05) is 13.0 Å². The molecule has 1 aromatic heterocycles. The Morgan fingerprint density at radius 2 is 1.74 bits per heavy atom. The average molecular weight is 453 g/mol. The number of fused-ring (bicyclic) bond motifs is 2. The van der Waals surface area contributed by atoms with E-state index in [1.165, 1.54) is 0 Å². The van der Waals surface area contributed by atoms with Crippen molar-refractivity contribution in [1.29, 1.82) is 0 Å². The van der Waals surface area contributed by atoms with E-state index in [4.69, 9.17) is 0 Å². The van der Waals surface area contributed by atoms with E-state index < -0.39 is 29.0 Å². The third-order valence-corrected chi connectivity index (χ3v) is 6.03. The molecule has 0 bridgehead atoms. The highest BCUT2D eigenvalue weighted by molar-refractivity contribution is 6.17. The minimum Gasteiger partial charge on any atom is -0.493 e. The Morgan fingerprint density at radius 1 is 1.00 bits per heavy atom. The van der Waals surface area contributed by atoms with Crippen LogP contribution in [-0.4, -0.2) is 32.4 Å². The predicted octanol–water partition coefficient (Wildman–Crippen LogP) is 2.72. The summed E-state index contributed by atoms with van der Waals surface area (Å²) in [4.78, 5) is 57.6. The van der Waals surface area contributed by atoms with Gasteiger partial charge in [0.15, 0.2) is 11.6 Å². The van der Waals surface area contributed by atoms with Crippen molar-refractivity contribution in [2.45, 2.75) is 6.92 Å². The molecule has 0 unspecified atom stereocenters. The summed E-state index contributed by atoms with van der Waals surface area (Å²) in [6, 6.07) is 13.5. The normalized spacial score (nSPS) is 19.1. The zero-order valence-electron chi connectivity index (χ0n) is 18.1. The molecule has 0 radical (unpaired) electrons. The third kappa shape index (κ3) is 3.36. The quantitative estimate of drug-likeness (QED) is 0.591. The molecule has 2 aliphatic rings. The molecule has 2 N–H and O–H groups in total. The summed E-state index contributed by atoms with van der Waals surface area (Å²) in [5.41, 5.74) is 0.358. The van der Waals surface area contributed by atoms with Gasteiger partial charge in [-0.15, -0.1) is 0 Å². The highest BCUT2D eigenvalue weighted by atomic mass is 16.3. The van der Waals surface area contributed by atoms with E-state index in [0.717, 1.165) is 16.3 Å². The number of H-pyrrole nitrogens is 1. The van der Waals surface area contributed by atoms with Crippen LogP contribution in [0.1, 0.15) is 31.8 Å². The number of aliphatic imine (C=N–C) groups is 1. The molecular weight excluding hydrogens is 434 g/mol. The summed E-state index contributed by atoms with van der Waals surface area (Å²) in [6.07, 6.45) is 6.02. The number of rotatable bonds is 3. The second-order valence-electron chi connectivity index (χ2n) is 8.18. The number of nitrogens with zero attached hydrogens (tertiary/aromatic N) is 2. The van der Waals surface area contributed by atoms with E-state index in [1.54, 1.807) is 60.7 Å². The first-order valence-corrected chi connectivity index (χ1v) is 10.6. The molecule has 5 rings (SSSR count). The molecule has 168 valence electrons. The number of carbonyl (C=O) groups excluding carboxylic acids is 2. The number of aromatic amines is 1. The Morgan fingerprint density at radius 3 is 2.47 bits per heavy atom. The first-order valence-electron chi connectivity index (χ1n) is 10.6. The number of carbonyl (C=O) groups is 2. The molecule has 3 aromatic rings. The number of aromatic nitrogens is 2. The van der Waals surface area contributed by atoms with Crippen LogP contribution in [0.15, 0.2) is 87.0 Å². The highest BCUT2D eigenvalue weighted by Gasteiger charge is 2.42. The van der Waals surface area contributed by atoms with Gasteiger partial charge in [-0.25, -0.2) is 9.36 Å². The number of hydrogen-bond acceptors (Lipinski definition) is 6. The Bertz CT molecular complexity index is 1570.